The molecule has 0 radical (unpaired) electrons. The molecule has 2 heterocycles. The molecule has 1 N–H and O–H groups in total. The average Bonchev–Trinajstić information content (AvgIpc) is 2.58. The Morgan fingerprint density at radius 3 is 2.32 bits per heavy atom. The lowest BCUT2D eigenvalue weighted by atomic mass is 9.74. The van der Waals surface area contributed by atoms with Gasteiger partial charge in [-0.3, -0.25) is 4.90 Å². The Hall–Kier alpha value is -1.68. The third-order valence-corrected chi connectivity index (χ3v) is 6.32. The fourth-order valence-corrected chi connectivity index (χ4v) is 4.82. The molecule has 2 atom stereocenters. The van der Waals surface area contributed by atoms with Crippen LogP contribution in [0.25, 0.3) is 0 Å². The van der Waals surface area contributed by atoms with Crippen LogP contribution in [0.3, 0.4) is 0 Å². The summed E-state index contributed by atoms with van der Waals surface area (Å²) in [6.07, 6.45) is 3.87. The van der Waals surface area contributed by atoms with Gasteiger partial charge in [0, 0.05) is 18.6 Å². The highest BCUT2D eigenvalue weighted by atomic mass is 16.5. The average molecular weight is 335 g/mol. The number of morpholine rings is 1. The van der Waals surface area contributed by atoms with Crippen LogP contribution in [0.4, 0.5) is 0 Å². The second kappa shape index (κ2) is 5.94. The summed E-state index contributed by atoms with van der Waals surface area (Å²) < 4.78 is 5.83. The fourth-order valence-electron chi connectivity index (χ4n) is 4.82. The predicted molar refractivity (Wildman–Crippen MR) is 97.4 cm³/mol. The monoisotopic (exact) mass is 335 g/mol. The Morgan fingerprint density at radius 2 is 1.68 bits per heavy atom. The standard InChI is InChI=1S/C22H25NO2/c24-22(19-9-8-17-6-7-18(17)10-19)11-20-14-25-15-21(12-22)23(20)13-16-4-2-1-3-5-16/h1-5,8-10,20-21,24H,6-7,11-15H2. The maximum Gasteiger partial charge on any atom is 0.0928 e. The van der Waals surface area contributed by atoms with Crippen molar-refractivity contribution in [3.63, 3.8) is 0 Å². The first kappa shape index (κ1) is 15.6. The Kier molecular flexibility index (Phi) is 3.70. The first-order chi connectivity index (χ1) is 12.2. The minimum Gasteiger partial charge on any atom is -0.385 e. The number of aryl methyl sites for hydroxylation is 2. The topological polar surface area (TPSA) is 32.7 Å². The number of ether oxygens (including phenoxy) is 1. The third-order valence-electron chi connectivity index (χ3n) is 6.32. The van der Waals surface area contributed by atoms with Gasteiger partial charge < -0.3 is 9.84 Å². The van der Waals surface area contributed by atoms with E-state index in [1.165, 1.54) is 23.1 Å². The van der Waals surface area contributed by atoms with Crippen LogP contribution >= 0.6 is 0 Å². The van der Waals surface area contributed by atoms with Gasteiger partial charge in [-0.25, -0.2) is 0 Å². The zero-order valence-corrected chi connectivity index (χ0v) is 14.5. The Labute approximate surface area is 149 Å². The Balaban J connectivity index is 1.41. The van der Waals surface area contributed by atoms with Crippen LogP contribution in [0.5, 0.6) is 0 Å². The van der Waals surface area contributed by atoms with Gasteiger partial charge in [-0.05, 0) is 47.9 Å². The van der Waals surface area contributed by atoms with Crippen LogP contribution in [-0.2, 0) is 29.7 Å². The van der Waals surface area contributed by atoms with Crippen molar-refractivity contribution in [2.45, 2.75) is 49.9 Å². The molecule has 0 aromatic heterocycles. The van der Waals surface area contributed by atoms with Crippen molar-refractivity contribution in [3.05, 3.63) is 70.8 Å². The number of benzene rings is 2. The van der Waals surface area contributed by atoms with Crippen LogP contribution < -0.4 is 0 Å². The van der Waals surface area contributed by atoms with Crippen molar-refractivity contribution in [1.29, 1.82) is 0 Å². The van der Waals surface area contributed by atoms with E-state index >= 15 is 0 Å². The largest absolute Gasteiger partial charge is 0.385 e. The molecule has 5 rings (SSSR count). The van der Waals surface area contributed by atoms with Gasteiger partial charge in [-0.1, -0.05) is 48.5 Å². The highest BCUT2D eigenvalue weighted by Gasteiger charge is 2.47. The number of hydrogen-bond donors (Lipinski definition) is 1. The van der Waals surface area contributed by atoms with Crippen LogP contribution in [0.15, 0.2) is 48.5 Å². The van der Waals surface area contributed by atoms with Crippen molar-refractivity contribution in [2.75, 3.05) is 13.2 Å². The molecular weight excluding hydrogens is 310 g/mol. The maximum atomic E-state index is 11.5. The van der Waals surface area contributed by atoms with Crippen LogP contribution in [0, 0.1) is 0 Å². The van der Waals surface area contributed by atoms with Crippen LogP contribution in [0.1, 0.15) is 35.1 Å². The lowest BCUT2D eigenvalue weighted by Crippen LogP contribution is -2.60. The SMILES string of the molecule is OC1(c2ccc3c(c2)CC3)CC2COCC(C1)N2Cc1ccccc1. The van der Waals surface area contributed by atoms with Crippen molar-refractivity contribution in [1.82, 2.24) is 4.90 Å². The molecule has 3 nitrogen and oxygen atoms in total. The number of hydrogen-bond acceptors (Lipinski definition) is 3. The molecule has 25 heavy (non-hydrogen) atoms. The van der Waals surface area contributed by atoms with Gasteiger partial charge in [0.05, 0.1) is 18.8 Å². The molecule has 2 aliphatic heterocycles. The number of piperidine rings is 1. The highest BCUT2D eigenvalue weighted by Crippen LogP contribution is 2.42. The molecule has 0 amide bonds. The van der Waals surface area contributed by atoms with E-state index in [1.54, 1.807) is 0 Å². The normalized spacial score (nSPS) is 31.2. The first-order valence-corrected chi connectivity index (χ1v) is 9.43. The van der Waals surface area contributed by atoms with Gasteiger partial charge in [0.25, 0.3) is 0 Å². The van der Waals surface area contributed by atoms with Crippen molar-refractivity contribution in [3.8, 4) is 0 Å². The molecule has 3 aliphatic rings. The molecule has 0 spiro atoms. The zero-order chi connectivity index (χ0) is 16.9. The van der Waals surface area contributed by atoms with E-state index < -0.39 is 5.60 Å². The Bertz CT molecular complexity index is 759. The first-order valence-electron chi connectivity index (χ1n) is 9.43. The van der Waals surface area contributed by atoms with Gasteiger partial charge in [-0.2, -0.15) is 0 Å². The van der Waals surface area contributed by atoms with Gasteiger partial charge in [0.1, 0.15) is 0 Å². The zero-order valence-electron chi connectivity index (χ0n) is 14.5. The third kappa shape index (κ3) is 2.71. The van der Waals surface area contributed by atoms with Crippen molar-refractivity contribution >= 4 is 0 Å². The summed E-state index contributed by atoms with van der Waals surface area (Å²) in [6.45, 7) is 2.38. The van der Waals surface area contributed by atoms with Crippen LogP contribution in [-0.4, -0.2) is 35.3 Å². The summed E-state index contributed by atoms with van der Waals surface area (Å²) in [6, 6.07) is 17.8. The second-order valence-electron chi connectivity index (χ2n) is 7.93. The van der Waals surface area contributed by atoms with E-state index in [-0.39, 0.29) is 12.1 Å². The lowest BCUT2D eigenvalue weighted by molar-refractivity contribution is -0.149. The summed E-state index contributed by atoms with van der Waals surface area (Å²) in [7, 11) is 0. The highest BCUT2D eigenvalue weighted by molar-refractivity contribution is 5.41. The molecular formula is C22H25NO2. The molecule has 2 bridgehead atoms. The van der Waals surface area contributed by atoms with Crippen molar-refractivity contribution < 1.29 is 9.84 Å². The number of fused-ring (bicyclic) bond motifs is 3. The van der Waals surface area contributed by atoms with Gasteiger partial charge in [-0.15, -0.1) is 0 Å². The minimum atomic E-state index is -0.711. The maximum absolute atomic E-state index is 11.5. The molecule has 2 aromatic carbocycles. The molecule has 2 aromatic rings. The quantitative estimate of drug-likeness (QED) is 0.936. The summed E-state index contributed by atoms with van der Waals surface area (Å²) in [4.78, 5) is 2.55. The number of nitrogens with zero attached hydrogens (tertiary/aromatic N) is 1. The van der Waals surface area contributed by atoms with Gasteiger partial charge in [0.2, 0.25) is 0 Å². The van der Waals surface area contributed by atoms with E-state index in [1.807, 2.05) is 0 Å². The summed E-state index contributed by atoms with van der Waals surface area (Å²) in [5.74, 6) is 0. The fraction of sp³-hybridized carbons (Fsp3) is 0.455. The number of aliphatic hydroxyl groups is 1. The van der Waals surface area contributed by atoms with E-state index in [9.17, 15) is 5.11 Å². The smallest absolute Gasteiger partial charge is 0.0928 e. The molecule has 1 aliphatic carbocycles. The molecule has 130 valence electrons. The molecule has 3 heteroatoms. The van der Waals surface area contributed by atoms with Gasteiger partial charge >= 0.3 is 0 Å². The summed E-state index contributed by atoms with van der Waals surface area (Å²) in [5.41, 5.74) is 4.63. The van der Waals surface area contributed by atoms with E-state index in [2.05, 4.69) is 53.4 Å². The van der Waals surface area contributed by atoms with Gasteiger partial charge in [0.15, 0.2) is 0 Å². The molecule has 2 saturated heterocycles. The minimum absolute atomic E-state index is 0.281. The van der Waals surface area contributed by atoms with Crippen molar-refractivity contribution in [2.24, 2.45) is 0 Å². The lowest BCUT2D eigenvalue weighted by Gasteiger charge is -2.52. The summed E-state index contributed by atoms with van der Waals surface area (Å²) in [5, 5.41) is 11.5. The van der Waals surface area contributed by atoms with E-state index in [4.69, 9.17) is 4.74 Å². The molecule has 2 unspecified atom stereocenters. The van der Waals surface area contributed by atoms with E-state index in [0.717, 1.165) is 44.6 Å². The summed E-state index contributed by atoms with van der Waals surface area (Å²) >= 11 is 0. The van der Waals surface area contributed by atoms with Crippen LogP contribution in [0.2, 0.25) is 0 Å². The molecule has 0 saturated carbocycles. The Morgan fingerprint density at radius 1 is 0.960 bits per heavy atom. The number of rotatable bonds is 3. The molecule has 2 fully saturated rings. The van der Waals surface area contributed by atoms with E-state index in [0.29, 0.717) is 0 Å². The second-order valence-corrected chi connectivity index (χ2v) is 7.93. The predicted octanol–water partition coefficient (Wildman–Crippen LogP) is 3.04.